The van der Waals surface area contributed by atoms with Gasteiger partial charge in [-0.2, -0.15) is 0 Å². The SMILES string of the molecule is Cc1ccc(F)c(CNc2ccccc2[N+](=O)[O-])c1. The molecule has 4 nitrogen and oxygen atoms in total. The summed E-state index contributed by atoms with van der Waals surface area (Å²) in [4.78, 5) is 10.4. The van der Waals surface area contributed by atoms with Gasteiger partial charge >= 0.3 is 0 Å². The van der Waals surface area contributed by atoms with Crippen LogP contribution in [0.5, 0.6) is 0 Å². The molecule has 19 heavy (non-hydrogen) atoms. The molecule has 0 aliphatic carbocycles. The first-order valence-corrected chi connectivity index (χ1v) is 5.80. The van der Waals surface area contributed by atoms with Gasteiger partial charge in [-0.15, -0.1) is 0 Å². The smallest absolute Gasteiger partial charge is 0.292 e. The molecule has 0 heterocycles. The highest BCUT2D eigenvalue weighted by molar-refractivity contribution is 5.61. The molecule has 2 rings (SSSR count). The van der Waals surface area contributed by atoms with Gasteiger partial charge in [0, 0.05) is 18.2 Å². The van der Waals surface area contributed by atoms with Crippen LogP contribution in [0.1, 0.15) is 11.1 Å². The highest BCUT2D eigenvalue weighted by atomic mass is 19.1. The molecule has 98 valence electrons. The zero-order valence-electron chi connectivity index (χ0n) is 10.4. The number of rotatable bonds is 4. The normalized spacial score (nSPS) is 10.2. The average molecular weight is 260 g/mol. The van der Waals surface area contributed by atoms with Crippen molar-refractivity contribution >= 4 is 11.4 Å². The molecule has 0 aliphatic rings. The predicted octanol–water partition coefficient (Wildman–Crippen LogP) is 3.65. The van der Waals surface area contributed by atoms with Gasteiger partial charge in [-0.25, -0.2) is 4.39 Å². The second-order valence-corrected chi connectivity index (χ2v) is 4.22. The van der Waals surface area contributed by atoms with Gasteiger partial charge in [0.05, 0.1) is 4.92 Å². The molecule has 0 spiro atoms. The van der Waals surface area contributed by atoms with E-state index in [1.54, 1.807) is 30.3 Å². The van der Waals surface area contributed by atoms with E-state index in [1.165, 1.54) is 12.1 Å². The van der Waals surface area contributed by atoms with Gasteiger partial charge in [0.25, 0.3) is 5.69 Å². The van der Waals surface area contributed by atoms with Gasteiger partial charge in [0.15, 0.2) is 0 Å². The number of nitro groups is 1. The van der Waals surface area contributed by atoms with E-state index in [2.05, 4.69) is 5.32 Å². The van der Waals surface area contributed by atoms with E-state index >= 15 is 0 Å². The molecular formula is C14H13FN2O2. The van der Waals surface area contributed by atoms with Crippen LogP contribution >= 0.6 is 0 Å². The first kappa shape index (κ1) is 13.0. The second kappa shape index (κ2) is 5.48. The molecule has 0 fully saturated rings. The summed E-state index contributed by atoms with van der Waals surface area (Å²) in [7, 11) is 0. The molecule has 2 aromatic rings. The van der Waals surface area contributed by atoms with Crippen LogP contribution in [0.2, 0.25) is 0 Å². The fourth-order valence-corrected chi connectivity index (χ4v) is 1.81. The van der Waals surface area contributed by atoms with Crippen LogP contribution in [0, 0.1) is 22.9 Å². The third kappa shape index (κ3) is 3.07. The van der Waals surface area contributed by atoms with Crippen molar-refractivity contribution in [2.24, 2.45) is 0 Å². The van der Waals surface area contributed by atoms with Gasteiger partial charge in [0.2, 0.25) is 0 Å². The summed E-state index contributed by atoms with van der Waals surface area (Å²) >= 11 is 0. The maximum Gasteiger partial charge on any atom is 0.292 e. The number of hydrogen-bond acceptors (Lipinski definition) is 3. The number of para-hydroxylation sites is 2. The molecule has 0 amide bonds. The van der Waals surface area contributed by atoms with E-state index in [9.17, 15) is 14.5 Å². The van der Waals surface area contributed by atoms with Crippen molar-refractivity contribution in [2.45, 2.75) is 13.5 Å². The Balaban J connectivity index is 2.19. The average Bonchev–Trinajstić information content (AvgIpc) is 2.40. The van der Waals surface area contributed by atoms with Crippen LogP contribution < -0.4 is 5.32 Å². The van der Waals surface area contributed by atoms with Crippen LogP contribution in [0.3, 0.4) is 0 Å². The summed E-state index contributed by atoms with van der Waals surface area (Å²) in [6.07, 6.45) is 0. The molecule has 0 saturated heterocycles. The molecule has 0 unspecified atom stereocenters. The number of halogens is 1. The largest absolute Gasteiger partial charge is 0.375 e. The Labute approximate surface area is 110 Å². The molecule has 0 saturated carbocycles. The van der Waals surface area contributed by atoms with E-state index in [0.29, 0.717) is 11.3 Å². The van der Waals surface area contributed by atoms with E-state index in [4.69, 9.17) is 0 Å². The van der Waals surface area contributed by atoms with Gasteiger partial charge < -0.3 is 5.32 Å². The molecule has 0 aliphatic heterocycles. The summed E-state index contributed by atoms with van der Waals surface area (Å²) in [6.45, 7) is 2.08. The first-order chi connectivity index (χ1) is 9.08. The molecule has 0 bridgehead atoms. The molecule has 0 atom stereocenters. The lowest BCUT2D eigenvalue weighted by molar-refractivity contribution is -0.384. The van der Waals surface area contributed by atoms with Crippen LogP contribution in [-0.2, 0) is 6.54 Å². The summed E-state index contributed by atoms with van der Waals surface area (Å²) < 4.78 is 13.6. The molecule has 5 heteroatoms. The third-order valence-corrected chi connectivity index (χ3v) is 2.77. The minimum absolute atomic E-state index is 0.0180. The maximum absolute atomic E-state index is 13.6. The van der Waals surface area contributed by atoms with Crippen molar-refractivity contribution in [2.75, 3.05) is 5.32 Å². The van der Waals surface area contributed by atoms with Crippen molar-refractivity contribution in [1.82, 2.24) is 0 Å². The Bertz CT molecular complexity index is 614. The van der Waals surface area contributed by atoms with Crippen LogP contribution in [0.25, 0.3) is 0 Å². The van der Waals surface area contributed by atoms with Crippen LogP contribution in [0.15, 0.2) is 42.5 Å². The summed E-state index contributed by atoms with van der Waals surface area (Å²) in [5.74, 6) is -0.323. The molecule has 2 aromatic carbocycles. The van der Waals surface area contributed by atoms with Gasteiger partial charge in [-0.1, -0.05) is 29.8 Å². The second-order valence-electron chi connectivity index (χ2n) is 4.22. The number of benzene rings is 2. The Morgan fingerprint density at radius 3 is 2.74 bits per heavy atom. The van der Waals surface area contributed by atoms with E-state index in [0.717, 1.165) is 5.56 Å². The number of nitro benzene ring substituents is 1. The lowest BCUT2D eigenvalue weighted by atomic mass is 10.1. The predicted molar refractivity (Wildman–Crippen MR) is 71.6 cm³/mol. The summed E-state index contributed by atoms with van der Waals surface area (Å²) in [6, 6.07) is 11.1. The molecule has 0 radical (unpaired) electrons. The lowest BCUT2D eigenvalue weighted by Gasteiger charge is -2.08. The van der Waals surface area contributed by atoms with E-state index in [-0.39, 0.29) is 18.0 Å². The maximum atomic E-state index is 13.6. The zero-order chi connectivity index (χ0) is 13.8. The highest BCUT2D eigenvalue weighted by Crippen LogP contribution is 2.24. The van der Waals surface area contributed by atoms with Crippen LogP contribution in [-0.4, -0.2) is 4.92 Å². The topological polar surface area (TPSA) is 55.2 Å². The molecule has 1 N–H and O–H groups in total. The standard InChI is InChI=1S/C14H13FN2O2/c1-10-6-7-12(15)11(8-10)9-16-13-4-2-3-5-14(13)17(18)19/h2-8,16H,9H2,1H3. The lowest BCUT2D eigenvalue weighted by Crippen LogP contribution is -2.04. The van der Waals surface area contributed by atoms with Gasteiger partial charge in [-0.05, 0) is 19.1 Å². The Morgan fingerprint density at radius 1 is 1.26 bits per heavy atom. The van der Waals surface area contributed by atoms with Crippen molar-refractivity contribution in [3.8, 4) is 0 Å². The fourth-order valence-electron chi connectivity index (χ4n) is 1.81. The van der Waals surface area contributed by atoms with Crippen molar-refractivity contribution in [3.63, 3.8) is 0 Å². The van der Waals surface area contributed by atoms with Gasteiger partial charge in [-0.3, -0.25) is 10.1 Å². The zero-order valence-corrected chi connectivity index (χ0v) is 10.4. The van der Waals surface area contributed by atoms with E-state index in [1.807, 2.05) is 6.92 Å². The quantitative estimate of drug-likeness (QED) is 0.674. The Morgan fingerprint density at radius 2 is 2.00 bits per heavy atom. The monoisotopic (exact) mass is 260 g/mol. The number of aryl methyl sites for hydroxylation is 1. The van der Waals surface area contributed by atoms with Crippen molar-refractivity contribution in [3.05, 3.63) is 69.5 Å². The number of hydrogen-bond donors (Lipinski definition) is 1. The minimum atomic E-state index is -0.463. The Hall–Kier alpha value is -2.43. The van der Waals surface area contributed by atoms with Crippen molar-refractivity contribution < 1.29 is 9.31 Å². The molecule has 0 aromatic heterocycles. The first-order valence-electron chi connectivity index (χ1n) is 5.80. The number of nitrogens with zero attached hydrogens (tertiary/aromatic N) is 1. The van der Waals surface area contributed by atoms with Crippen LogP contribution in [0.4, 0.5) is 15.8 Å². The van der Waals surface area contributed by atoms with Crippen molar-refractivity contribution in [1.29, 1.82) is 0 Å². The van der Waals surface area contributed by atoms with Gasteiger partial charge in [0.1, 0.15) is 11.5 Å². The molecular weight excluding hydrogens is 247 g/mol. The minimum Gasteiger partial charge on any atom is -0.375 e. The Kier molecular flexibility index (Phi) is 3.75. The number of nitrogens with one attached hydrogen (secondary N) is 1. The number of anilines is 1. The summed E-state index contributed by atoms with van der Waals surface area (Å²) in [5.41, 5.74) is 1.79. The highest BCUT2D eigenvalue weighted by Gasteiger charge is 2.12. The summed E-state index contributed by atoms with van der Waals surface area (Å²) in [5, 5.41) is 13.7. The van der Waals surface area contributed by atoms with E-state index < -0.39 is 4.92 Å². The fraction of sp³-hybridized carbons (Fsp3) is 0.143. The third-order valence-electron chi connectivity index (χ3n) is 2.77.